The molecule has 0 spiro atoms. The normalized spacial score (nSPS) is 11.1. The minimum Gasteiger partial charge on any atom is -0.480 e. The van der Waals surface area contributed by atoms with Gasteiger partial charge in [0.05, 0.1) is 0 Å². The Morgan fingerprint density at radius 2 is 2.23 bits per heavy atom. The molecule has 0 fully saturated rings. The molecule has 5 nitrogen and oxygen atoms in total. The summed E-state index contributed by atoms with van der Waals surface area (Å²) >= 11 is 0. The van der Waals surface area contributed by atoms with E-state index in [2.05, 4.69) is 16.6 Å². The minimum absolute atomic E-state index is 0.154. The van der Waals surface area contributed by atoms with Crippen LogP contribution in [0.25, 0.3) is 0 Å². The number of hydrogen-bond donors (Lipinski definition) is 3. The zero-order valence-electron chi connectivity index (χ0n) is 7.33. The molecule has 0 aromatic rings. The number of urea groups is 1. The highest BCUT2D eigenvalue weighted by atomic mass is 16.4. The van der Waals surface area contributed by atoms with E-state index in [4.69, 9.17) is 11.5 Å². The first-order chi connectivity index (χ1) is 6.06. The van der Waals surface area contributed by atoms with Gasteiger partial charge in [-0.05, 0) is 6.92 Å². The quantitative estimate of drug-likeness (QED) is 0.528. The number of nitrogens with one attached hydrogen (secondary N) is 2. The van der Waals surface area contributed by atoms with E-state index in [0.29, 0.717) is 6.42 Å². The van der Waals surface area contributed by atoms with Crippen LogP contribution in [0.5, 0.6) is 0 Å². The fourth-order valence-electron chi connectivity index (χ4n) is 0.659. The van der Waals surface area contributed by atoms with Crippen molar-refractivity contribution in [1.82, 2.24) is 10.6 Å². The molecule has 5 heteroatoms. The third-order valence-corrected chi connectivity index (χ3v) is 1.20. The molecule has 0 heterocycles. The highest BCUT2D eigenvalue weighted by molar-refractivity contribution is 5.79. The van der Waals surface area contributed by atoms with Gasteiger partial charge in [0, 0.05) is 12.5 Å². The Morgan fingerprint density at radius 3 is 2.69 bits per heavy atom. The largest absolute Gasteiger partial charge is 0.480 e. The average molecular weight is 184 g/mol. The van der Waals surface area contributed by atoms with Gasteiger partial charge in [0.15, 0.2) is 0 Å². The fraction of sp³-hybridized carbons (Fsp3) is 0.500. The molecule has 0 radical (unpaired) electrons. The molecule has 3 N–H and O–H groups in total. The molecule has 0 saturated carbocycles. The molecule has 0 bridgehead atoms. The van der Waals surface area contributed by atoms with Gasteiger partial charge in [-0.3, -0.25) is 4.79 Å². The molecule has 0 aromatic carbocycles. The second-order valence-corrected chi connectivity index (χ2v) is 2.53. The van der Waals surface area contributed by atoms with Crippen LogP contribution in [0.3, 0.4) is 0 Å². The molecule has 1 unspecified atom stereocenters. The molecule has 1 atom stereocenters. The van der Waals surface area contributed by atoms with Crippen LogP contribution >= 0.6 is 0 Å². The first-order valence-corrected chi connectivity index (χ1v) is 3.76. The Balaban J connectivity index is 3.63. The van der Waals surface area contributed by atoms with Crippen molar-refractivity contribution in [1.29, 1.82) is 0 Å². The number of carbonyl (C=O) groups is 2. The SMILES string of the molecule is C#CCC(C)NC(=O)NCC(=O)O. The van der Waals surface area contributed by atoms with Gasteiger partial charge in [0.2, 0.25) is 0 Å². The van der Waals surface area contributed by atoms with Crippen molar-refractivity contribution in [3.8, 4) is 12.3 Å². The molecule has 0 aliphatic heterocycles. The number of carboxylic acid groups (broad SMARTS) is 1. The van der Waals surface area contributed by atoms with E-state index in [1.807, 2.05) is 0 Å². The Kier molecular flexibility index (Phi) is 5.12. The molecule has 0 aliphatic rings. The van der Waals surface area contributed by atoms with Gasteiger partial charge >= 0.3 is 12.0 Å². The van der Waals surface area contributed by atoms with Gasteiger partial charge in [0.1, 0.15) is 6.54 Å². The monoisotopic (exact) mass is 184 g/mol. The number of aliphatic carboxylic acids is 1. The van der Waals surface area contributed by atoms with E-state index in [0.717, 1.165) is 0 Å². The van der Waals surface area contributed by atoms with Crippen molar-refractivity contribution in [2.45, 2.75) is 19.4 Å². The number of rotatable bonds is 4. The van der Waals surface area contributed by atoms with Crippen molar-refractivity contribution in [3.63, 3.8) is 0 Å². The predicted molar refractivity (Wildman–Crippen MR) is 47.1 cm³/mol. The summed E-state index contributed by atoms with van der Waals surface area (Å²) < 4.78 is 0. The van der Waals surface area contributed by atoms with Gasteiger partial charge < -0.3 is 15.7 Å². The highest BCUT2D eigenvalue weighted by Crippen LogP contribution is 1.86. The topological polar surface area (TPSA) is 78.4 Å². The van der Waals surface area contributed by atoms with Crippen molar-refractivity contribution in [2.75, 3.05) is 6.54 Å². The minimum atomic E-state index is -1.08. The summed E-state index contributed by atoms with van der Waals surface area (Å²) in [6.07, 6.45) is 5.43. The molecule has 13 heavy (non-hydrogen) atoms. The van der Waals surface area contributed by atoms with Crippen LogP contribution in [-0.4, -0.2) is 29.7 Å². The number of amides is 2. The third kappa shape index (κ3) is 6.69. The standard InChI is InChI=1S/C8H12N2O3/c1-3-4-6(2)10-8(13)9-5-7(11)12/h1,6H,4-5H2,2H3,(H,11,12)(H2,9,10,13). The van der Waals surface area contributed by atoms with Crippen molar-refractivity contribution >= 4 is 12.0 Å². The number of carboxylic acids is 1. The summed E-state index contributed by atoms with van der Waals surface area (Å²) in [7, 11) is 0. The van der Waals surface area contributed by atoms with Gasteiger partial charge in [-0.25, -0.2) is 4.79 Å². The summed E-state index contributed by atoms with van der Waals surface area (Å²) in [6.45, 7) is 1.34. The Bertz CT molecular complexity index is 232. The first-order valence-electron chi connectivity index (χ1n) is 3.76. The van der Waals surface area contributed by atoms with Gasteiger partial charge in [-0.15, -0.1) is 12.3 Å². The van der Waals surface area contributed by atoms with E-state index >= 15 is 0 Å². The van der Waals surface area contributed by atoms with E-state index in [1.54, 1.807) is 6.92 Å². The molecule has 2 amide bonds. The second-order valence-electron chi connectivity index (χ2n) is 2.53. The molecule has 0 aliphatic carbocycles. The van der Waals surface area contributed by atoms with E-state index in [1.165, 1.54) is 0 Å². The maximum atomic E-state index is 10.9. The van der Waals surface area contributed by atoms with Crippen LogP contribution in [-0.2, 0) is 4.79 Å². The lowest BCUT2D eigenvalue weighted by Gasteiger charge is -2.10. The van der Waals surface area contributed by atoms with Crippen LogP contribution in [0.1, 0.15) is 13.3 Å². The summed E-state index contributed by atoms with van der Waals surface area (Å²) in [6, 6.07) is -0.677. The average Bonchev–Trinajstić information content (AvgIpc) is 2.01. The van der Waals surface area contributed by atoms with Crippen LogP contribution < -0.4 is 10.6 Å². The Labute approximate surface area is 76.5 Å². The van der Waals surface area contributed by atoms with Crippen LogP contribution in [0.4, 0.5) is 4.79 Å². The first kappa shape index (κ1) is 11.3. The zero-order chi connectivity index (χ0) is 10.3. The van der Waals surface area contributed by atoms with E-state index in [9.17, 15) is 9.59 Å². The van der Waals surface area contributed by atoms with Gasteiger partial charge in [0.25, 0.3) is 0 Å². The fourth-order valence-corrected chi connectivity index (χ4v) is 0.659. The summed E-state index contributed by atoms with van der Waals surface area (Å²) in [4.78, 5) is 20.9. The lowest BCUT2D eigenvalue weighted by atomic mass is 10.2. The third-order valence-electron chi connectivity index (χ3n) is 1.20. The maximum Gasteiger partial charge on any atom is 0.323 e. The van der Waals surface area contributed by atoms with Crippen LogP contribution in [0, 0.1) is 12.3 Å². The molecule has 72 valence electrons. The highest BCUT2D eigenvalue weighted by Gasteiger charge is 2.06. The molecular weight excluding hydrogens is 172 g/mol. The smallest absolute Gasteiger partial charge is 0.323 e. The number of carbonyl (C=O) groups excluding carboxylic acids is 1. The zero-order valence-corrected chi connectivity index (χ0v) is 7.33. The summed E-state index contributed by atoms with van der Waals surface area (Å²) in [5, 5.41) is 12.9. The molecule has 0 rings (SSSR count). The second kappa shape index (κ2) is 5.89. The van der Waals surface area contributed by atoms with Crippen LogP contribution in [0.2, 0.25) is 0 Å². The maximum absolute atomic E-state index is 10.9. The lowest BCUT2D eigenvalue weighted by molar-refractivity contribution is -0.135. The van der Waals surface area contributed by atoms with E-state index in [-0.39, 0.29) is 6.04 Å². The van der Waals surface area contributed by atoms with Gasteiger partial charge in [-0.1, -0.05) is 0 Å². The van der Waals surface area contributed by atoms with Crippen LogP contribution in [0.15, 0.2) is 0 Å². The van der Waals surface area contributed by atoms with Gasteiger partial charge in [-0.2, -0.15) is 0 Å². The predicted octanol–water partition coefficient (Wildman–Crippen LogP) is -0.218. The number of hydrogen-bond acceptors (Lipinski definition) is 2. The lowest BCUT2D eigenvalue weighted by Crippen LogP contribution is -2.42. The van der Waals surface area contributed by atoms with E-state index < -0.39 is 18.5 Å². The summed E-state index contributed by atoms with van der Waals surface area (Å²) in [5.41, 5.74) is 0. The Hall–Kier alpha value is -1.70. The molecule has 0 aromatic heterocycles. The van der Waals surface area contributed by atoms with Crippen molar-refractivity contribution in [2.24, 2.45) is 0 Å². The van der Waals surface area contributed by atoms with Crippen molar-refractivity contribution < 1.29 is 14.7 Å². The molecular formula is C8H12N2O3. The number of terminal acetylenes is 1. The molecule has 0 saturated heterocycles. The summed E-state index contributed by atoms with van der Waals surface area (Å²) in [5.74, 6) is 1.30. The Morgan fingerprint density at radius 1 is 1.62 bits per heavy atom. The van der Waals surface area contributed by atoms with Crippen molar-refractivity contribution in [3.05, 3.63) is 0 Å².